The van der Waals surface area contributed by atoms with Gasteiger partial charge in [-0.3, -0.25) is 0 Å². The van der Waals surface area contributed by atoms with Crippen molar-refractivity contribution in [2.75, 3.05) is 24.6 Å². The molecule has 0 aliphatic heterocycles. The Morgan fingerprint density at radius 2 is 2.18 bits per heavy atom. The first kappa shape index (κ1) is 16.6. The number of aliphatic hydroxyl groups excluding tert-OH is 1. The van der Waals surface area contributed by atoms with E-state index in [2.05, 4.69) is 9.97 Å². The number of esters is 1. The second-order valence-electron chi connectivity index (χ2n) is 5.19. The molecular weight excluding hydrogens is 302 g/mol. The monoisotopic (exact) mass is 323 g/mol. The summed E-state index contributed by atoms with van der Waals surface area (Å²) in [7, 11) is 0. The van der Waals surface area contributed by atoms with Gasteiger partial charge in [0.15, 0.2) is 0 Å². The summed E-state index contributed by atoms with van der Waals surface area (Å²) in [5.41, 5.74) is 0.831. The van der Waals surface area contributed by atoms with Gasteiger partial charge in [0, 0.05) is 13.1 Å². The first-order chi connectivity index (χ1) is 10.5. The molecule has 0 aromatic carbocycles. The van der Waals surface area contributed by atoms with Gasteiger partial charge in [0.25, 0.3) is 0 Å². The predicted octanol–water partition coefficient (Wildman–Crippen LogP) is 2.38. The van der Waals surface area contributed by atoms with Crippen LogP contribution in [0, 0.1) is 6.92 Å². The van der Waals surface area contributed by atoms with E-state index in [4.69, 9.17) is 4.74 Å². The number of thiophene rings is 1. The van der Waals surface area contributed by atoms with E-state index in [-0.39, 0.29) is 18.7 Å². The number of nitrogens with zero attached hydrogens (tertiary/aromatic N) is 3. The van der Waals surface area contributed by atoms with Crippen LogP contribution in [0.2, 0.25) is 0 Å². The Morgan fingerprint density at radius 3 is 2.77 bits per heavy atom. The molecule has 7 heteroatoms. The molecule has 2 heterocycles. The Bertz CT molecular complexity index is 669. The second-order valence-corrected chi connectivity index (χ2v) is 6.19. The highest BCUT2D eigenvalue weighted by molar-refractivity contribution is 7.20. The summed E-state index contributed by atoms with van der Waals surface area (Å²) in [6.45, 7) is 8.79. The molecule has 2 aromatic heterocycles. The molecule has 0 amide bonds. The van der Waals surface area contributed by atoms with E-state index in [1.54, 1.807) is 0 Å². The van der Waals surface area contributed by atoms with Crippen molar-refractivity contribution >= 4 is 33.3 Å². The second kappa shape index (κ2) is 7.02. The van der Waals surface area contributed by atoms with Gasteiger partial charge in [-0.15, -0.1) is 11.3 Å². The highest BCUT2D eigenvalue weighted by Gasteiger charge is 2.22. The van der Waals surface area contributed by atoms with Crippen molar-refractivity contribution in [1.29, 1.82) is 0 Å². The average Bonchev–Trinajstić information content (AvgIpc) is 2.82. The van der Waals surface area contributed by atoms with E-state index >= 15 is 0 Å². The lowest BCUT2D eigenvalue weighted by atomic mass is 10.2. The number of fused-ring (bicyclic) bond motifs is 1. The smallest absolute Gasteiger partial charge is 0.348 e. The number of aryl methyl sites for hydroxylation is 1. The molecule has 120 valence electrons. The molecule has 0 unspecified atom stereocenters. The SMILES string of the molecule is CCN(CCO)c1ncnc2sc(C(=O)OC(C)C)c(C)c12. The minimum Gasteiger partial charge on any atom is -0.459 e. The van der Waals surface area contributed by atoms with E-state index in [0.717, 1.165) is 21.6 Å². The zero-order valence-electron chi connectivity index (χ0n) is 13.3. The van der Waals surface area contributed by atoms with Gasteiger partial charge in [-0.05, 0) is 33.3 Å². The molecule has 0 aliphatic carbocycles. The fraction of sp³-hybridized carbons (Fsp3) is 0.533. The first-order valence-electron chi connectivity index (χ1n) is 7.30. The summed E-state index contributed by atoms with van der Waals surface area (Å²) in [5.74, 6) is 0.422. The van der Waals surface area contributed by atoms with Gasteiger partial charge in [-0.25, -0.2) is 14.8 Å². The minimum atomic E-state index is -0.327. The Balaban J connectivity index is 2.53. The van der Waals surface area contributed by atoms with E-state index in [1.165, 1.54) is 17.7 Å². The van der Waals surface area contributed by atoms with Gasteiger partial charge in [0.05, 0.1) is 18.1 Å². The molecule has 0 radical (unpaired) electrons. The number of ether oxygens (including phenoxy) is 1. The summed E-state index contributed by atoms with van der Waals surface area (Å²) in [6.07, 6.45) is 1.33. The zero-order chi connectivity index (χ0) is 16.3. The molecule has 0 saturated carbocycles. The van der Waals surface area contributed by atoms with Crippen LogP contribution in [0.25, 0.3) is 10.2 Å². The van der Waals surface area contributed by atoms with Crippen molar-refractivity contribution in [3.05, 3.63) is 16.8 Å². The maximum absolute atomic E-state index is 12.2. The van der Waals surface area contributed by atoms with Crippen LogP contribution < -0.4 is 4.90 Å². The third kappa shape index (κ3) is 3.20. The van der Waals surface area contributed by atoms with Gasteiger partial charge in [0.1, 0.15) is 21.9 Å². The van der Waals surface area contributed by atoms with Crippen LogP contribution in [0.1, 0.15) is 36.0 Å². The number of carbonyl (C=O) groups excluding carboxylic acids is 1. The molecule has 0 spiro atoms. The van der Waals surface area contributed by atoms with Crippen LogP contribution in [-0.2, 0) is 4.74 Å². The first-order valence-corrected chi connectivity index (χ1v) is 8.12. The Kier molecular flexibility index (Phi) is 5.31. The number of likely N-dealkylation sites (N-methyl/N-ethyl adjacent to an activating group) is 1. The zero-order valence-corrected chi connectivity index (χ0v) is 14.1. The third-order valence-electron chi connectivity index (χ3n) is 3.29. The van der Waals surface area contributed by atoms with Crippen molar-refractivity contribution in [1.82, 2.24) is 9.97 Å². The van der Waals surface area contributed by atoms with Crippen LogP contribution >= 0.6 is 11.3 Å². The van der Waals surface area contributed by atoms with Crippen LogP contribution in [0.3, 0.4) is 0 Å². The van der Waals surface area contributed by atoms with Gasteiger partial charge >= 0.3 is 5.97 Å². The molecule has 2 rings (SSSR count). The van der Waals surface area contributed by atoms with E-state index in [0.29, 0.717) is 18.0 Å². The average molecular weight is 323 g/mol. The lowest BCUT2D eigenvalue weighted by Gasteiger charge is -2.21. The predicted molar refractivity (Wildman–Crippen MR) is 87.7 cm³/mol. The van der Waals surface area contributed by atoms with E-state index < -0.39 is 0 Å². The Labute approximate surface area is 133 Å². The number of aromatic nitrogens is 2. The van der Waals surface area contributed by atoms with Gasteiger partial charge in [-0.2, -0.15) is 0 Å². The highest BCUT2D eigenvalue weighted by atomic mass is 32.1. The normalized spacial score (nSPS) is 11.2. The lowest BCUT2D eigenvalue weighted by Crippen LogP contribution is -2.27. The summed E-state index contributed by atoms with van der Waals surface area (Å²) in [5, 5.41) is 10.1. The Hall–Kier alpha value is -1.73. The van der Waals surface area contributed by atoms with Gasteiger partial charge in [0.2, 0.25) is 0 Å². The van der Waals surface area contributed by atoms with Gasteiger partial charge in [-0.1, -0.05) is 0 Å². The molecule has 6 nitrogen and oxygen atoms in total. The van der Waals surface area contributed by atoms with E-state index in [9.17, 15) is 9.90 Å². The Morgan fingerprint density at radius 1 is 1.45 bits per heavy atom. The number of aliphatic hydroxyl groups is 1. The van der Waals surface area contributed by atoms with Crippen LogP contribution in [0.15, 0.2) is 6.33 Å². The largest absolute Gasteiger partial charge is 0.459 e. The molecule has 0 bridgehead atoms. The fourth-order valence-corrected chi connectivity index (χ4v) is 3.32. The maximum Gasteiger partial charge on any atom is 0.348 e. The topological polar surface area (TPSA) is 75.5 Å². The third-order valence-corrected chi connectivity index (χ3v) is 4.47. The van der Waals surface area contributed by atoms with Crippen molar-refractivity contribution in [3.63, 3.8) is 0 Å². The van der Waals surface area contributed by atoms with Crippen molar-refractivity contribution < 1.29 is 14.6 Å². The summed E-state index contributed by atoms with van der Waals surface area (Å²) in [6, 6.07) is 0. The molecule has 22 heavy (non-hydrogen) atoms. The summed E-state index contributed by atoms with van der Waals surface area (Å²) in [4.78, 5) is 24.1. The van der Waals surface area contributed by atoms with Crippen molar-refractivity contribution in [2.24, 2.45) is 0 Å². The summed E-state index contributed by atoms with van der Waals surface area (Å²) >= 11 is 1.32. The number of anilines is 1. The standard InChI is InChI=1S/C15H21N3O3S/c1-5-18(6-7-19)13-11-10(4)12(15(20)21-9(2)3)22-14(11)17-8-16-13/h8-9,19H,5-7H2,1-4H3. The molecule has 2 aromatic rings. The number of hydrogen-bond acceptors (Lipinski definition) is 7. The quantitative estimate of drug-likeness (QED) is 0.823. The molecular formula is C15H21N3O3S. The van der Waals surface area contributed by atoms with Crippen molar-refractivity contribution in [2.45, 2.75) is 33.8 Å². The summed E-state index contributed by atoms with van der Waals surface area (Å²) < 4.78 is 5.29. The number of hydrogen-bond donors (Lipinski definition) is 1. The molecule has 1 N–H and O–H groups in total. The van der Waals surface area contributed by atoms with Gasteiger partial charge < -0.3 is 14.7 Å². The van der Waals surface area contributed by atoms with Crippen LogP contribution in [0.4, 0.5) is 5.82 Å². The highest BCUT2D eigenvalue weighted by Crippen LogP contribution is 2.35. The van der Waals surface area contributed by atoms with Crippen molar-refractivity contribution in [3.8, 4) is 0 Å². The number of rotatable bonds is 6. The van der Waals surface area contributed by atoms with E-state index in [1.807, 2.05) is 32.6 Å². The lowest BCUT2D eigenvalue weighted by molar-refractivity contribution is 0.0383. The fourth-order valence-electron chi connectivity index (χ4n) is 2.29. The molecule has 0 saturated heterocycles. The maximum atomic E-state index is 12.2. The number of carbonyl (C=O) groups is 1. The van der Waals surface area contributed by atoms with Crippen LogP contribution in [-0.4, -0.2) is 46.8 Å². The minimum absolute atomic E-state index is 0.0464. The molecule has 0 fully saturated rings. The van der Waals surface area contributed by atoms with Crippen LogP contribution in [0.5, 0.6) is 0 Å². The molecule has 0 atom stereocenters. The molecule has 0 aliphatic rings.